The number of hydrogen-bond donors (Lipinski definition) is 2. The lowest BCUT2D eigenvalue weighted by Gasteiger charge is -1.97. The van der Waals surface area contributed by atoms with Crippen LogP contribution in [0.3, 0.4) is 0 Å². The van der Waals surface area contributed by atoms with E-state index < -0.39 is 4.92 Å². The van der Waals surface area contributed by atoms with Crippen LogP contribution in [0.4, 0.5) is 11.4 Å². The van der Waals surface area contributed by atoms with Crippen LogP contribution in [0.5, 0.6) is 0 Å². The minimum Gasteiger partial charge on any atom is -0.398 e. The van der Waals surface area contributed by atoms with Gasteiger partial charge < -0.3 is 10.8 Å². The summed E-state index contributed by atoms with van der Waals surface area (Å²) >= 11 is 0. The van der Waals surface area contributed by atoms with Crippen molar-refractivity contribution in [3.8, 4) is 11.8 Å². The fourth-order valence-corrected chi connectivity index (χ4v) is 0.912. The summed E-state index contributed by atoms with van der Waals surface area (Å²) in [5.41, 5.74) is 6.15. The number of nitro groups is 1. The van der Waals surface area contributed by atoms with Gasteiger partial charge in [-0.15, -0.1) is 0 Å². The Bertz CT molecular complexity index is 418. The SMILES string of the molecule is Nc1cc([N+](=O)[O-])ccc1C#CCO. The Balaban J connectivity index is 3.07. The van der Waals surface area contributed by atoms with E-state index in [1.165, 1.54) is 18.2 Å². The van der Waals surface area contributed by atoms with Crippen molar-refractivity contribution in [3.63, 3.8) is 0 Å². The zero-order chi connectivity index (χ0) is 10.6. The van der Waals surface area contributed by atoms with Crippen molar-refractivity contribution in [2.45, 2.75) is 0 Å². The maximum absolute atomic E-state index is 10.4. The second-order valence-electron chi connectivity index (χ2n) is 2.49. The number of benzene rings is 1. The summed E-state index contributed by atoms with van der Waals surface area (Å²) < 4.78 is 0. The predicted molar refractivity (Wildman–Crippen MR) is 51.5 cm³/mol. The molecule has 1 aromatic carbocycles. The lowest BCUT2D eigenvalue weighted by atomic mass is 10.1. The first-order valence-corrected chi connectivity index (χ1v) is 3.79. The van der Waals surface area contributed by atoms with Crippen molar-refractivity contribution >= 4 is 11.4 Å². The molecule has 14 heavy (non-hydrogen) atoms. The molecule has 0 spiro atoms. The molecule has 0 bridgehead atoms. The van der Waals surface area contributed by atoms with Crippen molar-refractivity contribution < 1.29 is 10.0 Å². The van der Waals surface area contributed by atoms with Gasteiger partial charge >= 0.3 is 0 Å². The van der Waals surface area contributed by atoms with Crippen LogP contribution in [-0.2, 0) is 0 Å². The van der Waals surface area contributed by atoms with Crippen LogP contribution < -0.4 is 5.73 Å². The average molecular weight is 192 g/mol. The van der Waals surface area contributed by atoms with Crippen LogP contribution in [0.15, 0.2) is 18.2 Å². The first kappa shape index (κ1) is 10.0. The first-order valence-electron chi connectivity index (χ1n) is 3.79. The van der Waals surface area contributed by atoms with Crippen molar-refractivity contribution in [2.75, 3.05) is 12.3 Å². The molecule has 0 atom stereocenters. The van der Waals surface area contributed by atoms with Crippen LogP contribution in [-0.4, -0.2) is 16.6 Å². The molecule has 0 radical (unpaired) electrons. The number of nitrogen functional groups attached to an aromatic ring is 1. The van der Waals surface area contributed by atoms with E-state index in [0.29, 0.717) is 5.56 Å². The Labute approximate surface area is 80.3 Å². The maximum Gasteiger partial charge on any atom is 0.271 e. The van der Waals surface area contributed by atoms with Crippen molar-refractivity contribution in [3.05, 3.63) is 33.9 Å². The minimum absolute atomic E-state index is 0.0722. The molecule has 0 unspecified atom stereocenters. The smallest absolute Gasteiger partial charge is 0.271 e. The normalized spacial score (nSPS) is 8.93. The molecule has 1 aromatic rings. The average Bonchev–Trinajstić information content (AvgIpc) is 2.15. The third-order valence-corrected chi connectivity index (χ3v) is 1.55. The van der Waals surface area contributed by atoms with Crippen molar-refractivity contribution in [1.29, 1.82) is 0 Å². The summed E-state index contributed by atoms with van der Waals surface area (Å²) in [6.07, 6.45) is 0. The van der Waals surface area contributed by atoms with E-state index >= 15 is 0 Å². The fraction of sp³-hybridized carbons (Fsp3) is 0.111. The highest BCUT2D eigenvalue weighted by atomic mass is 16.6. The van der Waals surface area contributed by atoms with Gasteiger partial charge in [-0.2, -0.15) is 0 Å². The van der Waals surface area contributed by atoms with Gasteiger partial charge in [-0.3, -0.25) is 10.1 Å². The molecule has 0 aromatic heterocycles. The summed E-state index contributed by atoms with van der Waals surface area (Å²) in [6.45, 7) is -0.267. The Morgan fingerprint density at radius 2 is 2.29 bits per heavy atom. The molecule has 72 valence electrons. The number of nitro benzene ring substituents is 1. The Morgan fingerprint density at radius 1 is 1.57 bits per heavy atom. The largest absolute Gasteiger partial charge is 0.398 e. The number of nitrogens with two attached hydrogens (primary N) is 1. The molecule has 0 aliphatic rings. The van der Waals surface area contributed by atoms with Crippen molar-refractivity contribution in [1.82, 2.24) is 0 Å². The second kappa shape index (κ2) is 4.25. The van der Waals surface area contributed by atoms with Gasteiger partial charge in [-0.1, -0.05) is 11.8 Å². The third kappa shape index (κ3) is 2.21. The number of anilines is 1. The maximum atomic E-state index is 10.4. The number of nitrogens with zero attached hydrogens (tertiary/aromatic N) is 1. The first-order chi connectivity index (χ1) is 6.65. The summed E-state index contributed by atoms with van der Waals surface area (Å²) in [5.74, 6) is 4.99. The van der Waals surface area contributed by atoms with Crippen LogP contribution in [0.2, 0.25) is 0 Å². The van der Waals surface area contributed by atoms with Gasteiger partial charge in [0.05, 0.1) is 10.6 Å². The number of non-ortho nitro benzene ring substituents is 1. The van der Waals surface area contributed by atoms with E-state index in [4.69, 9.17) is 10.8 Å². The van der Waals surface area contributed by atoms with Crippen LogP contribution in [0.1, 0.15) is 5.56 Å². The van der Waals surface area contributed by atoms with Crippen LogP contribution in [0.25, 0.3) is 0 Å². The predicted octanol–water partition coefficient (Wildman–Crippen LogP) is 0.521. The zero-order valence-corrected chi connectivity index (χ0v) is 7.23. The summed E-state index contributed by atoms with van der Waals surface area (Å²) in [6, 6.07) is 4.01. The molecule has 1 rings (SSSR count). The van der Waals surface area contributed by atoms with E-state index in [-0.39, 0.29) is 18.0 Å². The van der Waals surface area contributed by atoms with E-state index in [1.54, 1.807) is 0 Å². The second-order valence-corrected chi connectivity index (χ2v) is 2.49. The van der Waals surface area contributed by atoms with Gasteiger partial charge in [0, 0.05) is 17.7 Å². The molecule has 0 heterocycles. The minimum atomic E-state index is -0.528. The molecule has 0 saturated carbocycles. The van der Waals surface area contributed by atoms with Gasteiger partial charge in [0.15, 0.2) is 0 Å². The lowest BCUT2D eigenvalue weighted by Crippen LogP contribution is -1.94. The number of aliphatic hydroxyl groups excluding tert-OH is 1. The zero-order valence-electron chi connectivity index (χ0n) is 7.23. The van der Waals surface area contributed by atoms with Gasteiger partial charge in [0.2, 0.25) is 0 Å². The van der Waals surface area contributed by atoms with Gasteiger partial charge in [-0.25, -0.2) is 0 Å². The summed E-state index contributed by atoms with van der Waals surface area (Å²) in [7, 11) is 0. The molecule has 5 nitrogen and oxygen atoms in total. The molecule has 0 fully saturated rings. The molecule has 3 N–H and O–H groups in total. The summed E-state index contributed by atoms with van der Waals surface area (Å²) in [4.78, 5) is 9.82. The van der Waals surface area contributed by atoms with E-state index in [9.17, 15) is 10.1 Å². The molecule has 0 amide bonds. The molecular formula is C9H8N2O3. The highest BCUT2D eigenvalue weighted by Crippen LogP contribution is 2.18. The molecule has 0 aliphatic carbocycles. The topological polar surface area (TPSA) is 89.4 Å². The number of aliphatic hydroxyl groups is 1. The standard InChI is InChI=1S/C9H8N2O3/c10-9-6-8(11(13)14)4-3-7(9)2-1-5-12/h3-4,6,12H,5,10H2. The molecule has 0 aliphatic heterocycles. The molecule has 5 heteroatoms. The Hall–Kier alpha value is -2.06. The van der Waals surface area contributed by atoms with Gasteiger partial charge in [0.1, 0.15) is 6.61 Å². The van der Waals surface area contributed by atoms with Crippen LogP contribution >= 0.6 is 0 Å². The van der Waals surface area contributed by atoms with E-state index in [2.05, 4.69) is 11.8 Å². The van der Waals surface area contributed by atoms with Gasteiger partial charge in [0.25, 0.3) is 5.69 Å². The lowest BCUT2D eigenvalue weighted by molar-refractivity contribution is -0.384. The summed E-state index contributed by atoms with van der Waals surface area (Å²) in [5, 5.41) is 18.8. The highest BCUT2D eigenvalue weighted by molar-refractivity contribution is 5.60. The highest BCUT2D eigenvalue weighted by Gasteiger charge is 2.06. The molecular weight excluding hydrogens is 184 g/mol. The Kier molecular flexibility index (Phi) is 3.05. The monoisotopic (exact) mass is 192 g/mol. The van der Waals surface area contributed by atoms with Crippen molar-refractivity contribution in [2.24, 2.45) is 0 Å². The van der Waals surface area contributed by atoms with E-state index in [1.807, 2.05) is 0 Å². The third-order valence-electron chi connectivity index (χ3n) is 1.55. The quantitative estimate of drug-likeness (QED) is 0.294. The molecule has 0 saturated heterocycles. The van der Waals surface area contributed by atoms with E-state index in [0.717, 1.165) is 0 Å². The number of hydrogen-bond acceptors (Lipinski definition) is 4. The fourth-order valence-electron chi connectivity index (χ4n) is 0.912. The number of rotatable bonds is 1. The van der Waals surface area contributed by atoms with Gasteiger partial charge in [-0.05, 0) is 6.07 Å². The van der Waals surface area contributed by atoms with Crippen LogP contribution in [0, 0.1) is 22.0 Å². The Morgan fingerprint density at radius 3 is 2.79 bits per heavy atom.